The van der Waals surface area contributed by atoms with Gasteiger partial charge in [-0.1, -0.05) is 69.4 Å². The summed E-state index contributed by atoms with van der Waals surface area (Å²) in [6.45, 7) is 2.14. The van der Waals surface area contributed by atoms with Crippen LogP contribution in [-0.2, 0) is 10.7 Å². The molecule has 0 amide bonds. The first-order valence-corrected chi connectivity index (χ1v) is 9.93. The molecule has 0 heterocycles. The summed E-state index contributed by atoms with van der Waals surface area (Å²) < 4.78 is 12.4. The second-order valence-corrected chi connectivity index (χ2v) is 8.89. The largest absolute Gasteiger partial charge is 0.344 e. The summed E-state index contributed by atoms with van der Waals surface area (Å²) >= 11 is 0. The van der Waals surface area contributed by atoms with Gasteiger partial charge in [-0.05, 0) is 23.8 Å². The molecule has 0 aliphatic heterocycles. The Balaban J connectivity index is 1.82. The molecule has 3 heteroatoms. The van der Waals surface area contributed by atoms with Crippen molar-refractivity contribution in [1.82, 2.24) is 0 Å². The first-order valence-electron chi connectivity index (χ1n) is 7.90. The van der Waals surface area contributed by atoms with E-state index in [0.717, 1.165) is 17.9 Å². The standard InChI is InChI=1S/C17H27O2P/c1-15(12-16-8-4-2-5-9-16)13-20(18,19)14-17-10-6-3-7-11-17/h3,6-7,10-11,15-16H,2,4-5,8-9,12-14H2,1H3,(H,18,19). The molecular weight excluding hydrogens is 267 g/mol. The lowest BCUT2D eigenvalue weighted by Crippen LogP contribution is -2.13. The van der Waals surface area contributed by atoms with Crippen molar-refractivity contribution in [2.24, 2.45) is 11.8 Å². The van der Waals surface area contributed by atoms with Crippen molar-refractivity contribution in [2.45, 2.75) is 51.6 Å². The molecule has 2 unspecified atom stereocenters. The highest BCUT2D eigenvalue weighted by molar-refractivity contribution is 7.57. The molecule has 2 atom stereocenters. The van der Waals surface area contributed by atoms with E-state index < -0.39 is 7.37 Å². The van der Waals surface area contributed by atoms with Gasteiger partial charge in [-0.15, -0.1) is 0 Å². The molecule has 1 fully saturated rings. The van der Waals surface area contributed by atoms with Crippen LogP contribution in [0, 0.1) is 11.8 Å². The van der Waals surface area contributed by atoms with Crippen LogP contribution in [0.15, 0.2) is 30.3 Å². The molecule has 1 aliphatic rings. The van der Waals surface area contributed by atoms with Crippen molar-refractivity contribution >= 4 is 7.37 Å². The summed E-state index contributed by atoms with van der Waals surface area (Å²) in [6, 6.07) is 9.68. The van der Waals surface area contributed by atoms with Crippen LogP contribution in [0.1, 0.15) is 51.0 Å². The normalized spacial score (nSPS) is 21.3. The Labute approximate surface area is 123 Å². The van der Waals surface area contributed by atoms with Crippen LogP contribution in [0.4, 0.5) is 0 Å². The molecule has 2 rings (SSSR count). The van der Waals surface area contributed by atoms with E-state index in [1.807, 2.05) is 30.3 Å². The van der Waals surface area contributed by atoms with Crippen molar-refractivity contribution in [3.8, 4) is 0 Å². The van der Waals surface area contributed by atoms with Gasteiger partial charge < -0.3 is 4.89 Å². The zero-order valence-corrected chi connectivity index (χ0v) is 13.4. The summed E-state index contributed by atoms with van der Waals surface area (Å²) in [7, 11) is -3.04. The number of rotatable bonds is 6. The minimum absolute atomic E-state index is 0.322. The first-order chi connectivity index (χ1) is 9.55. The summed E-state index contributed by atoms with van der Waals surface area (Å²) in [5.74, 6) is 1.15. The third kappa shape index (κ3) is 5.42. The van der Waals surface area contributed by atoms with Crippen molar-refractivity contribution in [2.75, 3.05) is 6.16 Å². The molecule has 0 spiro atoms. The number of benzene rings is 1. The monoisotopic (exact) mass is 294 g/mol. The maximum Gasteiger partial charge on any atom is 0.205 e. The Bertz CT molecular complexity index is 438. The SMILES string of the molecule is CC(CC1CCCCC1)CP(=O)(O)Cc1ccccc1. The van der Waals surface area contributed by atoms with Crippen molar-refractivity contribution in [3.05, 3.63) is 35.9 Å². The highest BCUT2D eigenvalue weighted by Crippen LogP contribution is 2.47. The number of hydrogen-bond acceptors (Lipinski definition) is 1. The molecule has 2 nitrogen and oxygen atoms in total. The van der Waals surface area contributed by atoms with Gasteiger partial charge in [-0.3, -0.25) is 4.57 Å². The Morgan fingerprint density at radius 2 is 1.85 bits per heavy atom. The summed E-state index contributed by atoms with van der Waals surface area (Å²) in [6.07, 6.45) is 8.62. The van der Waals surface area contributed by atoms with Crippen molar-refractivity contribution in [1.29, 1.82) is 0 Å². The lowest BCUT2D eigenvalue weighted by molar-refractivity contribution is 0.303. The Hall–Kier alpha value is -0.590. The molecule has 112 valence electrons. The topological polar surface area (TPSA) is 37.3 Å². The molecule has 1 saturated carbocycles. The highest BCUT2D eigenvalue weighted by Gasteiger charge is 2.24. The molecule has 0 aromatic heterocycles. The quantitative estimate of drug-likeness (QED) is 0.744. The lowest BCUT2D eigenvalue weighted by atomic mass is 9.84. The van der Waals surface area contributed by atoms with E-state index in [1.54, 1.807) is 0 Å². The maximum atomic E-state index is 12.4. The Morgan fingerprint density at radius 3 is 2.50 bits per heavy atom. The van der Waals surface area contributed by atoms with Gasteiger partial charge in [-0.2, -0.15) is 0 Å². The van der Waals surface area contributed by atoms with Gasteiger partial charge in [0.05, 0.1) is 0 Å². The predicted octanol–water partition coefficient (Wildman–Crippen LogP) is 5.06. The summed E-state index contributed by atoms with van der Waals surface area (Å²) in [5.41, 5.74) is 0.975. The molecule has 1 aromatic rings. The van der Waals surface area contributed by atoms with Crippen LogP contribution in [-0.4, -0.2) is 11.1 Å². The van der Waals surface area contributed by atoms with E-state index in [9.17, 15) is 9.46 Å². The predicted molar refractivity (Wildman–Crippen MR) is 85.2 cm³/mol. The van der Waals surface area contributed by atoms with Crippen LogP contribution in [0.25, 0.3) is 0 Å². The molecule has 0 saturated heterocycles. The van der Waals surface area contributed by atoms with E-state index in [4.69, 9.17) is 0 Å². The van der Waals surface area contributed by atoms with Crippen LogP contribution >= 0.6 is 7.37 Å². The highest BCUT2D eigenvalue weighted by atomic mass is 31.2. The first kappa shape index (κ1) is 15.8. The minimum Gasteiger partial charge on any atom is -0.344 e. The average Bonchev–Trinajstić information content (AvgIpc) is 2.39. The molecule has 0 bridgehead atoms. The van der Waals surface area contributed by atoms with E-state index in [0.29, 0.717) is 18.2 Å². The number of hydrogen-bond donors (Lipinski definition) is 1. The Morgan fingerprint density at radius 1 is 1.20 bits per heavy atom. The fraction of sp³-hybridized carbons (Fsp3) is 0.647. The van der Waals surface area contributed by atoms with E-state index in [-0.39, 0.29) is 0 Å². The average molecular weight is 294 g/mol. The lowest BCUT2D eigenvalue weighted by Gasteiger charge is -2.25. The van der Waals surface area contributed by atoms with E-state index >= 15 is 0 Å². The van der Waals surface area contributed by atoms with Gasteiger partial charge in [0.15, 0.2) is 0 Å². The fourth-order valence-corrected chi connectivity index (χ4v) is 5.52. The maximum absolute atomic E-state index is 12.4. The summed E-state index contributed by atoms with van der Waals surface area (Å²) in [4.78, 5) is 10.2. The van der Waals surface area contributed by atoms with Crippen molar-refractivity contribution in [3.63, 3.8) is 0 Å². The second-order valence-electron chi connectivity index (χ2n) is 6.52. The zero-order valence-electron chi connectivity index (χ0n) is 12.5. The van der Waals surface area contributed by atoms with E-state index in [2.05, 4.69) is 6.92 Å². The molecule has 1 N–H and O–H groups in total. The second kappa shape index (κ2) is 7.43. The molecule has 1 aliphatic carbocycles. The third-order valence-electron chi connectivity index (χ3n) is 4.33. The smallest absolute Gasteiger partial charge is 0.205 e. The van der Waals surface area contributed by atoms with Crippen LogP contribution in [0.5, 0.6) is 0 Å². The molecular formula is C17H27O2P. The van der Waals surface area contributed by atoms with Crippen LogP contribution in [0.2, 0.25) is 0 Å². The van der Waals surface area contributed by atoms with Crippen LogP contribution < -0.4 is 0 Å². The third-order valence-corrected chi connectivity index (χ3v) is 6.38. The van der Waals surface area contributed by atoms with Gasteiger partial charge >= 0.3 is 0 Å². The van der Waals surface area contributed by atoms with Gasteiger partial charge in [0.1, 0.15) is 0 Å². The molecule has 1 aromatic carbocycles. The van der Waals surface area contributed by atoms with Gasteiger partial charge in [0.2, 0.25) is 7.37 Å². The minimum atomic E-state index is -3.04. The van der Waals surface area contributed by atoms with E-state index in [1.165, 1.54) is 32.1 Å². The fourth-order valence-electron chi connectivity index (χ4n) is 3.49. The molecule has 0 radical (unpaired) electrons. The van der Waals surface area contributed by atoms with Crippen molar-refractivity contribution < 1.29 is 9.46 Å². The zero-order chi connectivity index (χ0) is 14.4. The van der Waals surface area contributed by atoms with Gasteiger partial charge in [0, 0.05) is 12.3 Å². The summed E-state index contributed by atoms with van der Waals surface area (Å²) in [5, 5.41) is 0. The Kier molecular flexibility index (Phi) is 5.86. The van der Waals surface area contributed by atoms with Gasteiger partial charge in [0.25, 0.3) is 0 Å². The molecule has 20 heavy (non-hydrogen) atoms. The van der Waals surface area contributed by atoms with Crippen LogP contribution in [0.3, 0.4) is 0 Å². The van der Waals surface area contributed by atoms with Gasteiger partial charge in [-0.25, -0.2) is 0 Å².